The maximum absolute atomic E-state index is 12.9. The number of carbonyl (C=O) groups is 3. The first-order valence-corrected chi connectivity index (χ1v) is 33.0. The van der Waals surface area contributed by atoms with E-state index in [9.17, 15) is 14.4 Å². The highest BCUT2D eigenvalue weighted by Crippen LogP contribution is 2.19. The molecule has 6 heteroatoms. The highest BCUT2D eigenvalue weighted by Gasteiger charge is 2.19. The van der Waals surface area contributed by atoms with E-state index < -0.39 is 6.10 Å². The lowest BCUT2D eigenvalue weighted by Gasteiger charge is -2.18. The molecule has 0 atom stereocenters. The summed E-state index contributed by atoms with van der Waals surface area (Å²) in [6.45, 7) is 6.74. The lowest BCUT2D eigenvalue weighted by molar-refractivity contribution is -0.167. The Bertz CT molecular complexity index is 1020. The number of unbranched alkanes of at least 4 members (excludes halogenated alkanes) is 51. The van der Waals surface area contributed by atoms with E-state index in [-0.39, 0.29) is 31.1 Å². The number of hydrogen-bond acceptors (Lipinski definition) is 6. The zero-order valence-corrected chi connectivity index (χ0v) is 49.2. The second kappa shape index (κ2) is 62.0. The summed E-state index contributed by atoms with van der Waals surface area (Å²) in [7, 11) is 0. The molecule has 428 valence electrons. The minimum Gasteiger partial charge on any atom is -0.462 e. The smallest absolute Gasteiger partial charge is 0.306 e. The van der Waals surface area contributed by atoms with Crippen molar-refractivity contribution in [2.75, 3.05) is 13.2 Å². The van der Waals surface area contributed by atoms with Gasteiger partial charge in [-0.05, 0) is 19.3 Å². The van der Waals surface area contributed by atoms with Crippen LogP contribution in [0.3, 0.4) is 0 Å². The molecule has 0 aliphatic heterocycles. The second-order valence-corrected chi connectivity index (χ2v) is 22.8. The van der Waals surface area contributed by atoms with Crippen molar-refractivity contribution in [3.63, 3.8) is 0 Å². The fraction of sp³-hybridized carbons (Fsp3) is 0.955. The summed E-state index contributed by atoms with van der Waals surface area (Å²) in [6.07, 6.45) is 71.1. The Balaban J connectivity index is 4.28. The average Bonchev–Trinajstić information content (AvgIpc) is 3.38. The first-order valence-electron chi connectivity index (χ1n) is 33.0. The van der Waals surface area contributed by atoms with Gasteiger partial charge >= 0.3 is 17.9 Å². The number of hydrogen-bond donors (Lipinski definition) is 0. The molecule has 0 aromatic carbocycles. The minimum atomic E-state index is -0.762. The molecule has 0 spiro atoms. The van der Waals surface area contributed by atoms with Crippen molar-refractivity contribution in [2.24, 2.45) is 0 Å². The van der Waals surface area contributed by atoms with E-state index in [0.717, 1.165) is 57.8 Å². The van der Waals surface area contributed by atoms with E-state index in [0.29, 0.717) is 19.3 Å². The summed E-state index contributed by atoms with van der Waals surface area (Å²) < 4.78 is 17.0. The van der Waals surface area contributed by atoms with Crippen LogP contribution in [0.4, 0.5) is 0 Å². The summed E-state index contributed by atoms with van der Waals surface area (Å²) in [5, 5.41) is 0. The van der Waals surface area contributed by atoms with Gasteiger partial charge in [0.2, 0.25) is 0 Å². The molecule has 0 aromatic heterocycles. The van der Waals surface area contributed by atoms with Crippen molar-refractivity contribution in [2.45, 2.75) is 393 Å². The van der Waals surface area contributed by atoms with Gasteiger partial charge < -0.3 is 14.2 Å². The van der Waals surface area contributed by atoms with Crippen molar-refractivity contribution in [1.29, 1.82) is 0 Å². The third kappa shape index (κ3) is 59.3. The molecule has 0 aliphatic rings. The maximum atomic E-state index is 12.9. The molecule has 0 unspecified atom stereocenters. The molecule has 72 heavy (non-hydrogen) atoms. The molecule has 0 aliphatic carbocycles. The zero-order valence-electron chi connectivity index (χ0n) is 49.2. The lowest BCUT2D eigenvalue weighted by atomic mass is 10.0. The number of rotatable bonds is 62. The van der Waals surface area contributed by atoms with Gasteiger partial charge in [0.15, 0.2) is 6.10 Å². The van der Waals surface area contributed by atoms with Gasteiger partial charge in [-0.3, -0.25) is 14.4 Å². The van der Waals surface area contributed by atoms with Gasteiger partial charge in [0.25, 0.3) is 0 Å². The largest absolute Gasteiger partial charge is 0.462 e. The summed E-state index contributed by atoms with van der Waals surface area (Å²) in [5.74, 6) is -0.821. The summed E-state index contributed by atoms with van der Waals surface area (Å²) in [5.41, 5.74) is 0. The maximum Gasteiger partial charge on any atom is 0.306 e. The van der Waals surface area contributed by atoms with Crippen LogP contribution in [-0.2, 0) is 28.6 Å². The van der Waals surface area contributed by atoms with Crippen molar-refractivity contribution in [1.82, 2.24) is 0 Å². The number of esters is 3. The van der Waals surface area contributed by atoms with Crippen molar-refractivity contribution >= 4 is 17.9 Å². The van der Waals surface area contributed by atoms with Crippen molar-refractivity contribution < 1.29 is 28.6 Å². The third-order valence-electron chi connectivity index (χ3n) is 15.4. The molecule has 0 aromatic rings. The molecule has 0 saturated heterocycles. The normalized spacial score (nSPS) is 11.5. The van der Waals surface area contributed by atoms with Crippen LogP contribution in [-0.4, -0.2) is 37.2 Å². The average molecular weight is 1020 g/mol. The van der Waals surface area contributed by atoms with Crippen LogP contribution in [0, 0.1) is 0 Å². The van der Waals surface area contributed by atoms with Crippen LogP contribution in [0.1, 0.15) is 387 Å². The minimum absolute atomic E-state index is 0.0603. The van der Waals surface area contributed by atoms with Crippen LogP contribution in [0.25, 0.3) is 0 Å². The van der Waals surface area contributed by atoms with Crippen LogP contribution in [0.15, 0.2) is 0 Å². The SMILES string of the molecule is CCCCCCCCCCCCCCCCCCCCC(=O)OCC(COC(=O)CCCCCCCCCCCCCCCCCCCC)OC(=O)CCCCCCCCCCCCCCCCCCCC. The monoisotopic (exact) mass is 1020 g/mol. The highest BCUT2D eigenvalue weighted by molar-refractivity contribution is 5.71. The quantitative estimate of drug-likeness (QED) is 0.0343. The molecule has 0 fully saturated rings. The van der Waals surface area contributed by atoms with E-state index in [4.69, 9.17) is 14.2 Å². The lowest BCUT2D eigenvalue weighted by Crippen LogP contribution is -2.30. The molecule has 0 N–H and O–H groups in total. The van der Waals surface area contributed by atoms with Crippen molar-refractivity contribution in [3.05, 3.63) is 0 Å². The van der Waals surface area contributed by atoms with E-state index >= 15 is 0 Å². The predicted octanol–water partition coefficient (Wildman–Crippen LogP) is 22.3. The predicted molar refractivity (Wildman–Crippen MR) is 312 cm³/mol. The fourth-order valence-corrected chi connectivity index (χ4v) is 10.4. The Kier molecular flexibility index (Phi) is 60.6. The van der Waals surface area contributed by atoms with Gasteiger partial charge in [0.1, 0.15) is 13.2 Å². The standard InChI is InChI=1S/C66H128O6/c1-4-7-10-13-16-19-22-25-28-31-34-37-40-43-46-49-52-55-58-64(67)70-61-63(72-66(69)60-57-54-51-48-45-42-39-36-33-30-27-24-21-18-15-12-9-6-3)62-71-65(68)59-56-53-50-47-44-41-38-35-32-29-26-23-20-17-14-11-8-5-2/h63H,4-62H2,1-3H3. The van der Waals surface area contributed by atoms with Crippen LogP contribution >= 0.6 is 0 Å². The number of ether oxygens (including phenoxy) is 3. The second-order valence-electron chi connectivity index (χ2n) is 22.8. The molecule has 6 nitrogen and oxygen atoms in total. The molecular formula is C66H128O6. The molecular weight excluding hydrogens is 889 g/mol. The van der Waals surface area contributed by atoms with Crippen LogP contribution < -0.4 is 0 Å². The van der Waals surface area contributed by atoms with E-state index in [1.54, 1.807) is 0 Å². The molecule has 0 rings (SSSR count). The fourth-order valence-electron chi connectivity index (χ4n) is 10.4. The summed E-state index contributed by atoms with van der Waals surface area (Å²) >= 11 is 0. The molecule has 0 saturated carbocycles. The van der Waals surface area contributed by atoms with Gasteiger partial charge in [-0.25, -0.2) is 0 Å². The summed E-state index contributed by atoms with van der Waals surface area (Å²) in [4.78, 5) is 38.4. The molecule has 0 radical (unpaired) electrons. The van der Waals surface area contributed by atoms with Crippen molar-refractivity contribution in [3.8, 4) is 0 Å². The molecule has 0 amide bonds. The Hall–Kier alpha value is -1.59. The third-order valence-corrected chi connectivity index (χ3v) is 15.4. The van der Waals surface area contributed by atoms with E-state index in [1.165, 1.54) is 289 Å². The Morgan fingerprint density at radius 2 is 0.375 bits per heavy atom. The molecule has 0 heterocycles. The van der Waals surface area contributed by atoms with E-state index in [2.05, 4.69) is 20.8 Å². The van der Waals surface area contributed by atoms with Gasteiger partial charge in [-0.15, -0.1) is 0 Å². The Labute approximate surface area is 450 Å². The highest BCUT2D eigenvalue weighted by atomic mass is 16.6. The summed E-state index contributed by atoms with van der Waals surface area (Å²) in [6, 6.07) is 0. The number of carbonyl (C=O) groups excluding carboxylic acids is 3. The Morgan fingerprint density at radius 1 is 0.222 bits per heavy atom. The zero-order chi connectivity index (χ0) is 52.2. The molecule has 0 bridgehead atoms. The van der Waals surface area contributed by atoms with Gasteiger partial charge in [0, 0.05) is 19.3 Å². The van der Waals surface area contributed by atoms with Gasteiger partial charge in [-0.2, -0.15) is 0 Å². The van der Waals surface area contributed by atoms with Crippen LogP contribution in [0.2, 0.25) is 0 Å². The first-order chi connectivity index (χ1) is 35.5. The van der Waals surface area contributed by atoms with E-state index in [1.807, 2.05) is 0 Å². The van der Waals surface area contributed by atoms with Gasteiger partial charge in [-0.1, -0.05) is 348 Å². The topological polar surface area (TPSA) is 78.9 Å². The Morgan fingerprint density at radius 3 is 0.556 bits per heavy atom. The first kappa shape index (κ1) is 70.4. The van der Waals surface area contributed by atoms with Gasteiger partial charge in [0.05, 0.1) is 0 Å². The van der Waals surface area contributed by atoms with Crippen LogP contribution in [0.5, 0.6) is 0 Å².